The predicted octanol–water partition coefficient (Wildman–Crippen LogP) is 4.18. The Morgan fingerprint density at radius 3 is 2.64 bits per heavy atom. The fourth-order valence-electron chi connectivity index (χ4n) is 2.14. The molecule has 9 nitrogen and oxygen atoms in total. The number of rotatable bonds is 7. The molecule has 0 saturated heterocycles. The van der Waals surface area contributed by atoms with Crippen molar-refractivity contribution in [1.29, 1.82) is 0 Å². The van der Waals surface area contributed by atoms with E-state index in [-0.39, 0.29) is 41.0 Å². The molecule has 1 aromatic carbocycles. The number of thioether (sulfide) groups is 1. The van der Waals surface area contributed by atoms with E-state index in [1.165, 1.54) is 30.6 Å². The summed E-state index contributed by atoms with van der Waals surface area (Å²) < 4.78 is 21.6. The fraction of sp³-hybridized carbons (Fsp3) is 0.154. The number of nitrogens with one attached hydrogen (secondary N) is 2. The molecule has 0 saturated carbocycles. The van der Waals surface area contributed by atoms with Crippen LogP contribution in [0.3, 0.4) is 0 Å². The van der Waals surface area contributed by atoms with Crippen LogP contribution in [0, 0.1) is 15.9 Å². The summed E-state index contributed by atoms with van der Waals surface area (Å²) in [4.78, 5) is 26.2. The monoisotopic (exact) mass is 511 g/mol. The third-order valence-electron chi connectivity index (χ3n) is 3.18. The summed E-state index contributed by atoms with van der Waals surface area (Å²) in [5.74, 6) is -0.582. The number of imidazole rings is 1. The van der Waals surface area contributed by atoms with Crippen LogP contribution in [0.15, 0.2) is 30.6 Å². The molecule has 0 aliphatic carbocycles. The van der Waals surface area contributed by atoms with E-state index in [1.54, 1.807) is 0 Å². The van der Waals surface area contributed by atoms with Crippen molar-refractivity contribution in [3.8, 4) is 0 Å². The zero-order chi connectivity index (χ0) is 20.5. The fourth-order valence-corrected chi connectivity index (χ4v) is 5.32. The second kappa shape index (κ2) is 7.94. The molecule has 0 bridgehead atoms. The van der Waals surface area contributed by atoms with Crippen molar-refractivity contribution in [3.05, 3.63) is 52.3 Å². The molecule has 0 aliphatic rings. The first-order chi connectivity index (χ1) is 13.1. The number of hydrogen-bond acceptors (Lipinski definition) is 9. The number of halogens is 4. The van der Waals surface area contributed by atoms with Crippen LogP contribution in [0.25, 0.3) is 11.2 Å². The smallest absolute Gasteiger partial charge is 0.287 e. The molecule has 2 heterocycles. The van der Waals surface area contributed by atoms with Gasteiger partial charge < -0.3 is 10.3 Å². The number of nitrogens with two attached hydrogens (primary N) is 1. The average Bonchev–Trinajstić information content (AvgIpc) is 3.03. The van der Waals surface area contributed by atoms with E-state index >= 15 is 0 Å². The van der Waals surface area contributed by atoms with Gasteiger partial charge in [-0.15, -0.1) is 0 Å². The van der Waals surface area contributed by atoms with Gasteiger partial charge in [0.2, 0.25) is 4.20 Å². The maximum atomic E-state index is 14.0. The van der Waals surface area contributed by atoms with Crippen molar-refractivity contribution in [2.45, 2.75) is 7.57 Å². The Morgan fingerprint density at radius 1 is 1.36 bits per heavy atom. The minimum Gasteiger partial charge on any atom is -0.340 e. The summed E-state index contributed by atoms with van der Waals surface area (Å²) in [5.41, 5.74) is 7.00. The normalized spacial score (nSPS) is 15.8. The molecule has 2 unspecified atom stereocenters. The van der Waals surface area contributed by atoms with E-state index in [2.05, 4.69) is 41.2 Å². The highest BCUT2D eigenvalue weighted by Gasteiger charge is 2.48. The Labute approximate surface area is 177 Å². The molecule has 2 aromatic heterocycles. The summed E-state index contributed by atoms with van der Waals surface area (Å²) >= 11 is 8.21. The van der Waals surface area contributed by atoms with Gasteiger partial charge in [0.15, 0.2) is 17.3 Å². The summed E-state index contributed by atoms with van der Waals surface area (Å²) in [7, 11) is 0. The largest absolute Gasteiger partial charge is 0.340 e. The molecule has 0 spiro atoms. The lowest BCUT2D eigenvalue weighted by Crippen LogP contribution is -2.35. The van der Waals surface area contributed by atoms with E-state index in [4.69, 9.17) is 17.3 Å². The number of nitro groups is 1. The number of benzene rings is 1. The number of alkyl halides is 3. The van der Waals surface area contributed by atoms with Crippen LogP contribution in [-0.2, 0) is 4.20 Å². The van der Waals surface area contributed by atoms with Gasteiger partial charge in [-0.3, -0.25) is 15.8 Å². The number of aromatic amines is 1. The van der Waals surface area contributed by atoms with Crippen molar-refractivity contribution in [1.82, 2.24) is 19.9 Å². The van der Waals surface area contributed by atoms with Crippen LogP contribution in [-0.4, -0.2) is 27.6 Å². The second-order valence-electron chi connectivity index (χ2n) is 5.16. The van der Waals surface area contributed by atoms with Crippen molar-refractivity contribution >= 4 is 73.9 Å². The van der Waals surface area contributed by atoms with E-state index in [9.17, 15) is 18.9 Å². The van der Waals surface area contributed by atoms with Crippen molar-refractivity contribution in [3.63, 3.8) is 0 Å². The second-order valence-corrected chi connectivity index (χ2v) is 10.8. The highest BCUT2D eigenvalue weighted by atomic mass is 79.9. The molecule has 0 fully saturated rings. The molecule has 15 heteroatoms. The lowest BCUT2D eigenvalue weighted by atomic mass is 10.3. The quantitative estimate of drug-likeness (QED) is 0.140. The van der Waals surface area contributed by atoms with Crippen molar-refractivity contribution in [2.24, 2.45) is 5.73 Å². The van der Waals surface area contributed by atoms with Crippen LogP contribution >= 0.6 is 51.2 Å². The third kappa shape index (κ3) is 5.00. The number of H-pyrrole nitrogens is 1. The first-order valence-electron chi connectivity index (χ1n) is 7.19. The number of nitrogens with zero attached hydrogens (tertiary/aromatic N) is 4. The van der Waals surface area contributed by atoms with Crippen LogP contribution in [0.1, 0.15) is 5.82 Å². The molecular formula is C13H9BrClF2N7O2S2. The molecule has 4 N–H and O–H groups in total. The van der Waals surface area contributed by atoms with Gasteiger partial charge in [0, 0.05) is 5.69 Å². The lowest BCUT2D eigenvalue weighted by molar-refractivity contribution is -0.285. The molecule has 0 aliphatic heterocycles. The summed E-state index contributed by atoms with van der Waals surface area (Å²) in [6.07, 6.45) is 1.33. The van der Waals surface area contributed by atoms with Crippen LogP contribution in [0.2, 0.25) is 0 Å². The molecule has 3 aromatic rings. The Hall–Kier alpha value is -1.74. The summed E-state index contributed by atoms with van der Waals surface area (Å²) in [5, 5.41) is 14.0. The van der Waals surface area contributed by atoms with Gasteiger partial charge in [0.1, 0.15) is 15.7 Å². The number of anilines is 2. The third-order valence-corrected chi connectivity index (χ3v) is 5.69. The van der Waals surface area contributed by atoms with Crippen molar-refractivity contribution in [2.75, 3.05) is 5.32 Å². The van der Waals surface area contributed by atoms with Crippen LogP contribution < -0.4 is 11.1 Å². The first kappa shape index (κ1) is 21.0. The minimum atomic E-state index is -2.61. The van der Waals surface area contributed by atoms with E-state index in [0.717, 1.165) is 0 Å². The summed E-state index contributed by atoms with van der Waals surface area (Å²) in [6.45, 7) is 0. The SMILES string of the molecule is NC(S[N+](=O)[O-])(SC(F)(Cl)Br)c1nc(Nc2ccc(F)cc2)c2[nH]cnc2n1. The van der Waals surface area contributed by atoms with Gasteiger partial charge in [0.25, 0.3) is 15.3 Å². The van der Waals surface area contributed by atoms with E-state index in [1.807, 2.05) is 0 Å². The summed E-state index contributed by atoms with van der Waals surface area (Å²) in [6, 6.07) is 5.38. The van der Waals surface area contributed by atoms with Gasteiger partial charge in [-0.1, -0.05) is 11.6 Å². The molecule has 0 amide bonds. The topological polar surface area (TPSA) is 136 Å². The van der Waals surface area contributed by atoms with Gasteiger partial charge in [0.05, 0.1) is 6.33 Å². The first-order valence-corrected chi connectivity index (χ1v) is 9.95. The Bertz CT molecular complexity index is 1020. The Balaban J connectivity index is 2.09. The molecular weight excluding hydrogens is 504 g/mol. The number of fused-ring (bicyclic) bond motifs is 1. The highest BCUT2D eigenvalue weighted by Crippen LogP contribution is 2.52. The average molecular weight is 513 g/mol. The maximum Gasteiger partial charge on any atom is 0.287 e. The van der Waals surface area contributed by atoms with Crippen LogP contribution in [0.4, 0.5) is 20.3 Å². The van der Waals surface area contributed by atoms with E-state index < -0.39 is 17.7 Å². The van der Waals surface area contributed by atoms with Gasteiger partial charge in [-0.2, -0.15) is 0 Å². The minimum absolute atomic E-state index is 0.0219. The molecule has 2 atom stereocenters. The van der Waals surface area contributed by atoms with Crippen molar-refractivity contribution < 1.29 is 13.1 Å². The zero-order valence-corrected chi connectivity index (χ0v) is 17.4. The molecule has 28 heavy (non-hydrogen) atoms. The van der Waals surface area contributed by atoms with Gasteiger partial charge in [-0.05, 0) is 52.0 Å². The maximum absolute atomic E-state index is 14.0. The highest BCUT2D eigenvalue weighted by molar-refractivity contribution is 9.12. The van der Waals surface area contributed by atoms with E-state index in [0.29, 0.717) is 11.2 Å². The van der Waals surface area contributed by atoms with Gasteiger partial charge >= 0.3 is 0 Å². The number of hydrogen-bond donors (Lipinski definition) is 3. The lowest BCUT2D eigenvalue weighted by Gasteiger charge is -2.24. The number of aromatic nitrogens is 4. The molecule has 148 valence electrons. The predicted molar refractivity (Wildman–Crippen MR) is 108 cm³/mol. The van der Waals surface area contributed by atoms with Gasteiger partial charge in [-0.25, -0.2) is 23.7 Å². The molecule has 3 rings (SSSR count). The zero-order valence-electron chi connectivity index (χ0n) is 13.4. The Kier molecular flexibility index (Phi) is 5.95. The Morgan fingerprint density at radius 2 is 2.04 bits per heavy atom. The standard InChI is InChI=1S/C13H9BrClF2N7O2S2/c14-13(15,17)27-12(18,28-24(25)26)11-22-9-8(19-5-20-9)10(23-11)21-7-3-1-6(16)2-4-7/h1-5H,18H2,(H2,19,20,21,22,23). The molecule has 0 radical (unpaired) electrons. The van der Waals surface area contributed by atoms with Crippen LogP contribution in [0.5, 0.6) is 0 Å².